The third-order valence-electron chi connectivity index (χ3n) is 3.24. The van der Waals surface area contributed by atoms with E-state index >= 15 is 0 Å². The van der Waals surface area contributed by atoms with Crippen molar-refractivity contribution < 1.29 is 5.11 Å². The predicted octanol–water partition coefficient (Wildman–Crippen LogP) is 1.95. The summed E-state index contributed by atoms with van der Waals surface area (Å²) in [6, 6.07) is 0. The highest BCUT2D eigenvalue weighted by Gasteiger charge is 2.31. The van der Waals surface area contributed by atoms with Gasteiger partial charge in [0.1, 0.15) is 0 Å². The fraction of sp³-hybridized carbons (Fsp3) is 1.00. The van der Waals surface area contributed by atoms with Crippen LogP contribution in [0.2, 0.25) is 0 Å². The van der Waals surface area contributed by atoms with Crippen molar-refractivity contribution >= 4 is 0 Å². The summed E-state index contributed by atoms with van der Waals surface area (Å²) in [6.45, 7) is 0. The molecule has 2 aliphatic rings. The maximum Gasteiger partial charge on any atom is 0.0568 e. The number of rotatable bonds is 0. The van der Waals surface area contributed by atoms with Gasteiger partial charge in [-0.25, -0.2) is 0 Å². The molecule has 0 aromatic rings. The molecule has 2 bridgehead atoms. The zero-order valence-corrected chi connectivity index (χ0v) is 6.42. The summed E-state index contributed by atoms with van der Waals surface area (Å²) in [5.41, 5.74) is 0. The van der Waals surface area contributed by atoms with Crippen molar-refractivity contribution in [3.05, 3.63) is 0 Å². The summed E-state index contributed by atoms with van der Waals surface area (Å²) in [5.74, 6) is 1.65. The standard InChI is InChI=1S/C9H16O/c10-9-5-4-7-2-1-3-8(9)6-7/h7-10H,1-6H2/t7-,8-,9+/m1/s1. The summed E-state index contributed by atoms with van der Waals surface area (Å²) in [7, 11) is 0. The lowest BCUT2D eigenvalue weighted by atomic mass is 9.71. The molecule has 0 aromatic carbocycles. The molecule has 0 aliphatic heterocycles. The maximum absolute atomic E-state index is 9.52. The molecule has 0 heterocycles. The summed E-state index contributed by atoms with van der Waals surface area (Å²) < 4.78 is 0. The molecular weight excluding hydrogens is 124 g/mol. The van der Waals surface area contributed by atoms with Crippen LogP contribution in [0, 0.1) is 11.8 Å². The molecule has 0 amide bonds. The number of hydrogen-bond acceptors (Lipinski definition) is 1. The number of fused-ring (bicyclic) bond motifs is 2. The second-order valence-corrected chi connectivity index (χ2v) is 3.94. The van der Waals surface area contributed by atoms with Crippen LogP contribution < -0.4 is 0 Å². The molecule has 1 heteroatoms. The van der Waals surface area contributed by atoms with Crippen molar-refractivity contribution in [1.29, 1.82) is 0 Å². The third-order valence-corrected chi connectivity index (χ3v) is 3.24. The summed E-state index contributed by atoms with van der Waals surface area (Å²) >= 11 is 0. The van der Waals surface area contributed by atoms with Gasteiger partial charge in [-0.3, -0.25) is 0 Å². The van der Waals surface area contributed by atoms with E-state index in [9.17, 15) is 5.11 Å². The van der Waals surface area contributed by atoms with Gasteiger partial charge in [-0.05, 0) is 37.5 Å². The molecule has 2 fully saturated rings. The van der Waals surface area contributed by atoms with E-state index in [4.69, 9.17) is 0 Å². The van der Waals surface area contributed by atoms with Gasteiger partial charge in [0.05, 0.1) is 6.10 Å². The van der Waals surface area contributed by atoms with E-state index in [2.05, 4.69) is 0 Å². The largest absolute Gasteiger partial charge is 0.393 e. The Bertz CT molecular complexity index is 120. The van der Waals surface area contributed by atoms with Gasteiger partial charge in [0.2, 0.25) is 0 Å². The smallest absolute Gasteiger partial charge is 0.0568 e. The molecule has 3 atom stereocenters. The highest BCUT2D eigenvalue weighted by Crippen LogP contribution is 2.39. The number of hydrogen-bond donors (Lipinski definition) is 1. The minimum Gasteiger partial charge on any atom is -0.393 e. The molecule has 0 aromatic heterocycles. The Morgan fingerprint density at radius 3 is 2.70 bits per heavy atom. The molecule has 2 aliphatic carbocycles. The maximum atomic E-state index is 9.52. The molecule has 0 saturated heterocycles. The Kier molecular flexibility index (Phi) is 1.69. The van der Waals surface area contributed by atoms with Crippen LogP contribution in [-0.4, -0.2) is 11.2 Å². The van der Waals surface area contributed by atoms with Gasteiger partial charge < -0.3 is 5.11 Å². The molecule has 10 heavy (non-hydrogen) atoms. The average molecular weight is 140 g/mol. The highest BCUT2D eigenvalue weighted by atomic mass is 16.3. The first-order valence-corrected chi connectivity index (χ1v) is 4.54. The summed E-state index contributed by atoms with van der Waals surface area (Å²) in [4.78, 5) is 0. The van der Waals surface area contributed by atoms with Crippen LogP contribution in [0.4, 0.5) is 0 Å². The van der Waals surface area contributed by atoms with Crippen LogP contribution in [0.1, 0.15) is 38.5 Å². The van der Waals surface area contributed by atoms with E-state index in [1.165, 1.54) is 32.1 Å². The first-order valence-electron chi connectivity index (χ1n) is 4.54. The van der Waals surface area contributed by atoms with Gasteiger partial charge in [-0.15, -0.1) is 0 Å². The van der Waals surface area contributed by atoms with Crippen molar-refractivity contribution in [2.75, 3.05) is 0 Å². The van der Waals surface area contributed by atoms with Gasteiger partial charge in [-0.2, -0.15) is 0 Å². The molecule has 1 nitrogen and oxygen atoms in total. The molecule has 0 spiro atoms. The van der Waals surface area contributed by atoms with Crippen LogP contribution in [0.25, 0.3) is 0 Å². The lowest BCUT2D eigenvalue weighted by Gasteiger charge is -2.37. The Labute approximate surface area is 62.4 Å². The molecule has 2 saturated carbocycles. The van der Waals surface area contributed by atoms with E-state index in [-0.39, 0.29) is 6.10 Å². The SMILES string of the molecule is O[C@H]1CC[C@H]2CCC[C@@H]1C2. The van der Waals surface area contributed by atoms with Crippen molar-refractivity contribution in [1.82, 2.24) is 0 Å². The quantitative estimate of drug-likeness (QED) is 0.545. The average Bonchev–Trinajstić information content (AvgIpc) is 1.99. The van der Waals surface area contributed by atoms with Gasteiger partial charge in [0, 0.05) is 0 Å². The summed E-state index contributed by atoms with van der Waals surface area (Å²) in [5, 5.41) is 9.52. The minimum atomic E-state index is 0.0524. The molecule has 0 radical (unpaired) electrons. The van der Waals surface area contributed by atoms with Crippen LogP contribution in [-0.2, 0) is 0 Å². The van der Waals surface area contributed by atoms with Crippen LogP contribution in [0.15, 0.2) is 0 Å². The van der Waals surface area contributed by atoms with E-state index < -0.39 is 0 Å². The molecular formula is C9H16O. The molecule has 0 unspecified atom stereocenters. The lowest BCUT2D eigenvalue weighted by molar-refractivity contribution is 0.0224. The lowest BCUT2D eigenvalue weighted by Crippen LogP contribution is -2.32. The van der Waals surface area contributed by atoms with Crippen molar-refractivity contribution in [3.8, 4) is 0 Å². The topological polar surface area (TPSA) is 20.2 Å². The second-order valence-electron chi connectivity index (χ2n) is 3.94. The van der Waals surface area contributed by atoms with Crippen LogP contribution in [0.3, 0.4) is 0 Å². The van der Waals surface area contributed by atoms with Gasteiger partial charge in [0.25, 0.3) is 0 Å². The Balaban J connectivity index is 2.00. The van der Waals surface area contributed by atoms with E-state index in [0.29, 0.717) is 5.92 Å². The summed E-state index contributed by atoms with van der Waals surface area (Å²) in [6.07, 6.45) is 7.83. The number of aliphatic hydroxyl groups is 1. The monoisotopic (exact) mass is 140 g/mol. The fourth-order valence-corrected chi connectivity index (χ4v) is 2.59. The zero-order valence-electron chi connectivity index (χ0n) is 6.42. The second kappa shape index (κ2) is 2.54. The van der Waals surface area contributed by atoms with Crippen molar-refractivity contribution in [2.24, 2.45) is 11.8 Å². The van der Waals surface area contributed by atoms with E-state index in [1.807, 2.05) is 0 Å². The first-order chi connectivity index (χ1) is 4.86. The third kappa shape index (κ3) is 1.07. The first kappa shape index (κ1) is 6.66. The number of aliphatic hydroxyl groups excluding tert-OH is 1. The Morgan fingerprint density at radius 2 is 1.90 bits per heavy atom. The van der Waals surface area contributed by atoms with Crippen molar-refractivity contribution in [3.63, 3.8) is 0 Å². The highest BCUT2D eigenvalue weighted by molar-refractivity contribution is 4.83. The van der Waals surface area contributed by atoms with Gasteiger partial charge >= 0.3 is 0 Å². The normalized spacial score (nSPS) is 47.1. The minimum absolute atomic E-state index is 0.0524. The van der Waals surface area contributed by atoms with E-state index in [1.54, 1.807) is 0 Å². The molecule has 58 valence electrons. The van der Waals surface area contributed by atoms with Crippen LogP contribution in [0.5, 0.6) is 0 Å². The van der Waals surface area contributed by atoms with Gasteiger partial charge in [0.15, 0.2) is 0 Å². The fourth-order valence-electron chi connectivity index (χ4n) is 2.59. The van der Waals surface area contributed by atoms with Crippen LogP contribution >= 0.6 is 0 Å². The molecule has 2 rings (SSSR count). The van der Waals surface area contributed by atoms with E-state index in [0.717, 1.165) is 12.3 Å². The Hall–Kier alpha value is -0.0400. The van der Waals surface area contributed by atoms with Crippen molar-refractivity contribution in [2.45, 2.75) is 44.6 Å². The van der Waals surface area contributed by atoms with Gasteiger partial charge in [-0.1, -0.05) is 12.8 Å². The zero-order chi connectivity index (χ0) is 6.97. The Morgan fingerprint density at radius 1 is 1.00 bits per heavy atom. The molecule has 1 N–H and O–H groups in total. The predicted molar refractivity (Wildman–Crippen MR) is 40.7 cm³/mol.